The summed E-state index contributed by atoms with van der Waals surface area (Å²) >= 11 is 0. The summed E-state index contributed by atoms with van der Waals surface area (Å²) in [7, 11) is -2.36. The van der Waals surface area contributed by atoms with E-state index in [0.29, 0.717) is 29.4 Å². The summed E-state index contributed by atoms with van der Waals surface area (Å²) in [5.74, 6) is 0. The van der Waals surface area contributed by atoms with Crippen LogP contribution in [0.3, 0.4) is 0 Å². The Morgan fingerprint density at radius 1 is 0.545 bits per heavy atom. The molecule has 0 heterocycles. The Balaban J connectivity index is 2.36. The minimum absolute atomic E-state index is 0.322. The molecule has 0 aliphatic heterocycles. The predicted octanol–water partition coefficient (Wildman–Crippen LogP) is 8.63. The van der Waals surface area contributed by atoms with Gasteiger partial charge in [-0.2, -0.15) is 26.3 Å². The van der Waals surface area contributed by atoms with Crippen molar-refractivity contribution < 1.29 is 26.3 Å². The van der Waals surface area contributed by atoms with Crippen LogP contribution in [0.15, 0.2) is 48.5 Å². The Labute approximate surface area is 195 Å². The van der Waals surface area contributed by atoms with Crippen LogP contribution in [0.4, 0.5) is 26.3 Å². The lowest BCUT2D eigenvalue weighted by molar-refractivity contribution is -0.137. The molecule has 0 fully saturated rings. The molecule has 0 N–H and O–H groups in total. The van der Waals surface area contributed by atoms with Crippen LogP contribution >= 0.6 is 15.8 Å². The van der Waals surface area contributed by atoms with Crippen LogP contribution < -0.4 is 10.6 Å². The summed E-state index contributed by atoms with van der Waals surface area (Å²) in [5, 5.41) is -0.0950. The second-order valence-corrected chi connectivity index (χ2v) is 16.3. The number of hydrogen-bond acceptors (Lipinski definition) is 0. The van der Waals surface area contributed by atoms with Crippen LogP contribution in [0.2, 0.25) is 0 Å². The number of benzene rings is 2. The number of halogens is 6. The van der Waals surface area contributed by atoms with Crippen molar-refractivity contribution in [3.63, 3.8) is 0 Å². The monoisotopic (exact) mass is 508 g/mol. The van der Waals surface area contributed by atoms with Crippen molar-refractivity contribution in [2.24, 2.45) is 0 Å². The van der Waals surface area contributed by atoms with E-state index < -0.39 is 39.3 Å². The molecule has 2 aromatic carbocycles. The molecule has 0 amide bonds. The van der Waals surface area contributed by atoms with Crippen molar-refractivity contribution in [1.29, 1.82) is 0 Å². The Hall–Kier alpha value is -1.12. The lowest BCUT2D eigenvalue weighted by Gasteiger charge is -2.36. The minimum atomic E-state index is -4.44. The Morgan fingerprint density at radius 2 is 0.848 bits per heavy atom. The SMILES string of the molecule is CC(C)(C)P(CCCP(c1ccccc1C(F)(F)F)C(C)(C)C)c1ccccc1C(F)(F)F. The van der Waals surface area contributed by atoms with Gasteiger partial charge in [0.25, 0.3) is 0 Å². The maximum atomic E-state index is 13.7. The summed E-state index contributed by atoms with van der Waals surface area (Å²) in [4.78, 5) is 0. The van der Waals surface area contributed by atoms with Crippen LogP contribution in [0.25, 0.3) is 0 Å². The molecule has 2 unspecified atom stereocenters. The topological polar surface area (TPSA) is 0 Å². The minimum Gasteiger partial charge on any atom is -0.166 e. The molecule has 8 heteroatoms. The van der Waals surface area contributed by atoms with E-state index in [0.717, 1.165) is 12.1 Å². The zero-order chi connectivity index (χ0) is 25.2. The van der Waals surface area contributed by atoms with E-state index in [1.54, 1.807) is 24.3 Å². The van der Waals surface area contributed by atoms with Gasteiger partial charge < -0.3 is 0 Å². The van der Waals surface area contributed by atoms with E-state index in [4.69, 9.17) is 0 Å². The average Bonchev–Trinajstić information content (AvgIpc) is 2.64. The van der Waals surface area contributed by atoms with Crippen molar-refractivity contribution in [3.05, 3.63) is 59.7 Å². The summed E-state index contributed by atoms with van der Waals surface area (Å²) in [6.45, 7) is 11.7. The molecule has 0 nitrogen and oxygen atoms in total. The van der Waals surface area contributed by atoms with Gasteiger partial charge in [0, 0.05) is 0 Å². The molecular formula is C25H32F6P2. The molecule has 33 heavy (non-hydrogen) atoms. The molecular weight excluding hydrogens is 476 g/mol. The fourth-order valence-corrected chi connectivity index (χ4v) is 9.90. The predicted molar refractivity (Wildman–Crippen MR) is 130 cm³/mol. The van der Waals surface area contributed by atoms with E-state index in [1.807, 2.05) is 41.5 Å². The van der Waals surface area contributed by atoms with Crippen LogP contribution in [0.5, 0.6) is 0 Å². The van der Waals surface area contributed by atoms with Gasteiger partial charge in [-0.05, 0) is 51.8 Å². The molecule has 2 aromatic rings. The fraction of sp³-hybridized carbons (Fsp3) is 0.520. The van der Waals surface area contributed by atoms with Crippen molar-refractivity contribution in [2.45, 2.75) is 70.6 Å². The van der Waals surface area contributed by atoms with Crippen molar-refractivity contribution >= 4 is 26.5 Å². The molecule has 2 rings (SSSR count). The van der Waals surface area contributed by atoms with E-state index >= 15 is 0 Å². The smallest absolute Gasteiger partial charge is 0.166 e. The summed E-state index contributed by atoms with van der Waals surface area (Å²) in [6, 6.07) is 11.4. The lowest BCUT2D eigenvalue weighted by atomic mass is 10.2. The molecule has 0 aromatic heterocycles. The first kappa shape index (κ1) is 28.1. The first-order valence-electron chi connectivity index (χ1n) is 10.8. The third-order valence-electron chi connectivity index (χ3n) is 5.38. The van der Waals surface area contributed by atoms with Crippen LogP contribution in [-0.4, -0.2) is 22.6 Å². The first-order chi connectivity index (χ1) is 14.9. The Kier molecular flexibility index (Phi) is 8.73. The van der Waals surface area contributed by atoms with Gasteiger partial charge in [-0.3, -0.25) is 0 Å². The molecule has 2 atom stereocenters. The van der Waals surface area contributed by atoms with Gasteiger partial charge in [-0.15, -0.1) is 0 Å². The maximum absolute atomic E-state index is 13.7. The molecule has 0 aliphatic rings. The highest BCUT2D eigenvalue weighted by Crippen LogP contribution is 2.55. The van der Waals surface area contributed by atoms with Crippen LogP contribution in [0.1, 0.15) is 59.1 Å². The van der Waals surface area contributed by atoms with Gasteiger partial charge in [-0.25, -0.2) is 0 Å². The number of alkyl halides is 6. The zero-order valence-corrected chi connectivity index (χ0v) is 21.7. The highest BCUT2D eigenvalue weighted by Gasteiger charge is 2.39. The van der Waals surface area contributed by atoms with Gasteiger partial charge in [0.2, 0.25) is 0 Å². The molecule has 0 radical (unpaired) electrons. The van der Waals surface area contributed by atoms with Crippen LogP contribution in [0, 0.1) is 0 Å². The second kappa shape index (κ2) is 10.2. The standard InChI is InChI=1S/C25H32F6P2/c1-22(2,3)32(20-14-9-7-12-18(20)24(26,27)28)16-11-17-33(23(4,5)6)21-15-10-8-13-19(21)25(29,30)31/h7-10,12-15H,11,16-17H2,1-6H3. The molecule has 0 saturated carbocycles. The highest BCUT2D eigenvalue weighted by molar-refractivity contribution is 7.68. The van der Waals surface area contributed by atoms with Crippen molar-refractivity contribution in [1.82, 2.24) is 0 Å². The van der Waals surface area contributed by atoms with Gasteiger partial charge in [0.1, 0.15) is 0 Å². The molecule has 184 valence electrons. The van der Waals surface area contributed by atoms with E-state index in [9.17, 15) is 26.3 Å². The third kappa shape index (κ3) is 7.43. The third-order valence-corrected chi connectivity index (χ3v) is 12.1. The van der Waals surface area contributed by atoms with E-state index in [-0.39, 0.29) is 10.3 Å². The summed E-state index contributed by atoms with van der Waals surface area (Å²) in [5.41, 5.74) is -1.21. The maximum Gasteiger partial charge on any atom is 0.417 e. The summed E-state index contributed by atoms with van der Waals surface area (Å²) < 4.78 is 82.1. The quantitative estimate of drug-likeness (QED) is 0.271. The van der Waals surface area contributed by atoms with E-state index in [1.165, 1.54) is 12.1 Å². The first-order valence-corrected chi connectivity index (χ1v) is 13.9. The fourth-order valence-electron chi connectivity index (χ4n) is 3.92. The average molecular weight is 508 g/mol. The molecule has 0 saturated heterocycles. The zero-order valence-electron chi connectivity index (χ0n) is 19.9. The summed E-state index contributed by atoms with van der Waals surface area (Å²) in [6.07, 6.45) is -7.23. The van der Waals surface area contributed by atoms with Crippen LogP contribution in [-0.2, 0) is 12.4 Å². The molecule has 0 aliphatic carbocycles. The largest absolute Gasteiger partial charge is 0.417 e. The Morgan fingerprint density at radius 3 is 1.12 bits per heavy atom. The number of hydrogen-bond donors (Lipinski definition) is 0. The molecule has 0 bridgehead atoms. The molecule has 0 spiro atoms. The van der Waals surface area contributed by atoms with Gasteiger partial charge in [-0.1, -0.05) is 93.8 Å². The van der Waals surface area contributed by atoms with Crippen molar-refractivity contribution in [2.75, 3.05) is 12.3 Å². The highest BCUT2D eigenvalue weighted by atomic mass is 31.1. The van der Waals surface area contributed by atoms with Gasteiger partial charge in [0.15, 0.2) is 0 Å². The second-order valence-electron chi connectivity index (χ2n) is 10.0. The van der Waals surface area contributed by atoms with Gasteiger partial charge >= 0.3 is 12.4 Å². The van der Waals surface area contributed by atoms with Crippen molar-refractivity contribution in [3.8, 4) is 0 Å². The number of rotatable bonds is 6. The normalized spacial score (nSPS) is 15.4. The lowest BCUT2D eigenvalue weighted by Crippen LogP contribution is -2.29. The Bertz CT molecular complexity index is 844. The van der Waals surface area contributed by atoms with E-state index in [2.05, 4.69) is 0 Å². The van der Waals surface area contributed by atoms with Gasteiger partial charge in [0.05, 0.1) is 11.1 Å².